The van der Waals surface area contributed by atoms with E-state index in [1.165, 1.54) is 64.2 Å². The molecule has 0 amide bonds. The zero-order valence-corrected chi connectivity index (χ0v) is 11.5. The maximum Gasteiger partial charge on any atom is 0.0200 e. The van der Waals surface area contributed by atoms with Gasteiger partial charge in [0.2, 0.25) is 0 Å². The first-order chi connectivity index (χ1) is 8.33. The molecule has 0 aromatic heterocycles. The van der Waals surface area contributed by atoms with Crippen LogP contribution in [0.4, 0.5) is 0 Å². The second-order valence-electron chi connectivity index (χ2n) is 6.35. The Morgan fingerprint density at radius 3 is 1.88 bits per heavy atom. The van der Waals surface area contributed by atoms with Gasteiger partial charge < -0.3 is 0 Å². The Hall–Kier alpha value is -0.440. The molecule has 0 N–H and O–H groups in total. The Morgan fingerprint density at radius 1 is 0.882 bits per heavy atom. The Balaban J connectivity index is 1.72. The maximum atomic E-state index is 5.53. The van der Waals surface area contributed by atoms with Crippen LogP contribution in [0, 0.1) is 36.0 Å². The third-order valence-corrected chi connectivity index (χ3v) is 5.26. The van der Waals surface area contributed by atoms with Gasteiger partial charge in [-0.25, -0.2) is 0 Å². The van der Waals surface area contributed by atoms with E-state index in [4.69, 9.17) is 6.42 Å². The van der Waals surface area contributed by atoms with Gasteiger partial charge in [0.05, 0.1) is 0 Å². The van der Waals surface area contributed by atoms with Crippen molar-refractivity contribution in [3.05, 3.63) is 0 Å². The summed E-state index contributed by atoms with van der Waals surface area (Å²) >= 11 is 0. The molecule has 0 unspecified atom stereocenters. The molecule has 17 heavy (non-hydrogen) atoms. The first-order valence-electron chi connectivity index (χ1n) is 7.79. The van der Waals surface area contributed by atoms with Gasteiger partial charge in [-0.15, -0.1) is 12.3 Å². The van der Waals surface area contributed by atoms with Crippen molar-refractivity contribution in [3.63, 3.8) is 0 Å². The lowest BCUT2D eigenvalue weighted by Gasteiger charge is -2.37. The highest BCUT2D eigenvalue weighted by atomic mass is 14.3. The van der Waals surface area contributed by atoms with Gasteiger partial charge in [0.25, 0.3) is 0 Å². The van der Waals surface area contributed by atoms with Gasteiger partial charge in [-0.05, 0) is 56.3 Å². The van der Waals surface area contributed by atoms with Gasteiger partial charge in [0, 0.05) is 5.92 Å². The summed E-state index contributed by atoms with van der Waals surface area (Å²) in [5, 5.41) is 0. The van der Waals surface area contributed by atoms with Crippen LogP contribution in [0.15, 0.2) is 0 Å². The predicted molar refractivity (Wildman–Crippen MR) is 74.6 cm³/mol. The molecule has 2 fully saturated rings. The average molecular weight is 232 g/mol. The monoisotopic (exact) mass is 232 g/mol. The number of hydrogen-bond acceptors (Lipinski definition) is 0. The van der Waals surface area contributed by atoms with Crippen molar-refractivity contribution in [1.29, 1.82) is 0 Å². The molecule has 0 aromatic carbocycles. The minimum atomic E-state index is 0.600. The minimum absolute atomic E-state index is 0.600. The topological polar surface area (TPSA) is 0 Å². The van der Waals surface area contributed by atoms with E-state index in [0.29, 0.717) is 5.92 Å². The molecule has 0 spiro atoms. The molecule has 0 aromatic rings. The summed E-state index contributed by atoms with van der Waals surface area (Å²) in [6.45, 7) is 2.33. The second kappa shape index (κ2) is 6.48. The minimum Gasteiger partial charge on any atom is -0.120 e. The quantitative estimate of drug-likeness (QED) is 0.598. The molecular formula is C17H28. The third kappa shape index (κ3) is 3.51. The van der Waals surface area contributed by atoms with Crippen LogP contribution in [0.1, 0.15) is 71.1 Å². The highest BCUT2D eigenvalue weighted by Gasteiger charge is 2.29. The molecule has 96 valence electrons. The van der Waals surface area contributed by atoms with Crippen molar-refractivity contribution in [3.8, 4) is 12.3 Å². The molecule has 0 aliphatic heterocycles. The molecule has 0 radical (unpaired) electrons. The molecule has 2 saturated carbocycles. The van der Waals surface area contributed by atoms with E-state index in [1.54, 1.807) is 0 Å². The number of hydrogen-bond donors (Lipinski definition) is 0. The lowest BCUT2D eigenvalue weighted by Crippen LogP contribution is -2.25. The molecule has 0 heteroatoms. The van der Waals surface area contributed by atoms with Gasteiger partial charge in [-0.3, -0.25) is 0 Å². The fourth-order valence-corrected chi connectivity index (χ4v) is 4.11. The lowest BCUT2D eigenvalue weighted by molar-refractivity contribution is 0.154. The lowest BCUT2D eigenvalue weighted by atomic mass is 9.69. The van der Waals surface area contributed by atoms with E-state index in [9.17, 15) is 0 Å². The van der Waals surface area contributed by atoms with Crippen LogP contribution in [0.2, 0.25) is 0 Å². The van der Waals surface area contributed by atoms with Gasteiger partial charge in [0.1, 0.15) is 0 Å². The van der Waals surface area contributed by atoms with Crippen molar-refractivity contribution in [2.75, 3.05) is 0 Å². The zero-order valence-electron chi connectivity index (χ0n) is 11.5. The van der Waals surface area contributed by atoms with Gasteiger partial charge in [-0.1, -0.05) is 32.6 Å². The van der Waals surface area contributed by atoms with Crippen LogP contribution < -0.4 is 0 Å². The van der Waals surface area contributed by atoms with Gasteiger partial charge >= 0.3 is 0 Å². The summed E-state index contributed by atoms with van der Waals surface area (Å²) < 4.78 is 0. The Kier molecular flexibility index (Phi) is 4.96. The normalized spacial score (nSPS) is 38.6. The largest absolute Gasteiger partial charge is 0.120 e. The smallest absolute Gasteiger partial charge is 0.0200 e. The molecule has 0 heterocycles. The first kappa shape index (κ1) is 13.0. The summed E-state index contributed by atoms with van der Waals surface area (Å²) in [4.78, 5) is 0. The van der Waals surface area contributed by atoms with Crippen LogP contribution in [0.3, 0.4) is 0 Å². The van der Waals surface area contributed by atoms with Crippen molar-refractivity contribution >= 4 is 0 Å². The zero-order chi connectivity index (χ0) is 12.1. The van der Waals surface area contributed by atoms with Crippen LogP contribution in [0.25, 0.3) is 0 Å². The fourth-order valence-electron chi connectivity index (χ4n) is 4.11. The molecule has 2 rings (SSSR count). The average Bonchev–Trinajstić information content (AvgIpc) is 2.40. The van der Waals surface area contributed by atoms with Crippen molar-refractivity contribution in [2.45, 2.75) is 71.1 Å². The summed E-state index contributed by atoms with van der Waals surface area (Å²) in [5.41, 5.74) is 0. The van der Waals surface area contributed by atoms with Crippen LogP contribution >= 0.6 is 0 Å². The highest BCUT2D eigenvalue weighted by molar-refractivity contribution is 4.96. The molecule has 0 saturated heterocycles. The van der Waals surface area contributed by atoms with E-state index in [2.05, 4.69) is 12.8 Å². The highest BCUT2D eigenvalue weighted by Crippen LogP contribution is 2.41. The summed E-state index contributed by atoms with van der Waals surface area (Å²) in [7, 11) is 0. The summed E-state index contributed by atoms with van der Waals surface area (Å²) in [6.07, 6.45) is 19.8. The fraction of sp³-hybridized carbons (Fsp3) is 0.882. The molecule has 0 bridgehead atoms. The first-order valence-corrected chi connectivity index (χ1v) is 7.79. The molecule has 2 aliphatic carbocycles. The maximum absolute atomic E-state index is 5.53. The Morgan fingerprint density at radius 2 is 1.41 bits per heavy atom. The van der Waals surface area contributed by atoms with E-state index in [0.717, 1.165) is 17.8 Å². The Labute approximate surface area is 108 Å². The summed E-state index contributed by atoms with van der Waals surface area (Å²) in [6, 6.07) is 0. The van der Waals surface area contributed by atoms with Crippen molar-refractivity contribution in [2.24, 2.45) is 23.7 Å². The summed E-state index contributed by atoms with van der Waals surface area (Å²) in [5.74, 6) is 6.66. The van der Waals surface area contributed by atoms with Crippen LogP contribution in [0.5, 0.6) is 0 Å². The standard InChI is InChI=1S/C17H28/c1-3-5-15-8-12-17(13-9-15)16-10-6-14(4-2)7-11-16/h2,14-17H,3,5-13H2,1H3/t14-,15-,16-,17-. The van der Waals surface area contributed by atoms with Crippen molar-refractivity contribution < 1.29 is 0 Å². The molecule has 0 atom stereocenters. The predicted octanol–water partition coefficient (Wildman–Crippen LogP) is 5.03. The molecule has 0 nitrogen and oxygen atoms in total. The van der Waals surface area contributed by atoms with Gasteiger partial charge in [0.15, 0.2) is 0 Å². The van der Waals surface area contributed by atoms with Crippen LogP contribution in [-0.2, 0) is 0 Å². The van der Waals surface area contributed by atoms with Crippen molar-refractivity contribution in [1.82, 2.24) is 0 Å². The Bertz CT molecular complexity index is 244. The number of terminal acetylenes is 1. The van der Waals surface area contributed by atoms with E-state index >= 15 is 0 Å². The molecular weight excluding hydrogens is 204 g/mol. The van der Waals surface area contributed by atoms with E-state index in [-0.39, 0.29) is 0 Å². The van der Waals surface area contributed by atoms with E-state index < -0.39 is 0 Å². The number of rotatable bonds is 3. The third-order valence-electron chi connectivity index (χ3n) is 5.26. The molecule has 2 aliphatic rings. The van der Waals surface area contributed by atoms with E-state index in [1.807, 2.05) is 0 Å². The van der Waals surface area contributed by atoms with Gasteiger partial charge in [-0.2, -0.15) is 0 Å². The van der Waals surface area contributed by atoms with Crippen LogP contribution in [-0.4, -0.2) is 0 Å². The second-order valence-corrected chi connectivity index (χ2v) is 6.35. The SMILES string of the molecule is C#C[C@H]1CC[C@H]([C@H]2CC[C@H](CCC)CC2)CC1.